The average Bonchev–Trinajstić information content (AvgIpc) is 3.10. The van der Waals surface area contributed by atoms with Crippen molar-refractivity contribution in [2.45, 2.75) is 0 Å². The zero-order valence-electron chi connectivity index (χ0n) is 12.6. The van der Waals surface area contributed by atoms with Crippen molar-refractivity contribution in [2.24, 2.45) is 19.1 Å². The Balaban J connectivity index is 1.82. The fourth-order valence-corrected chi connectivity index (χ4v) is 3.47. The molecule has 0 atom stereocenters. The summed E-state index contributed by atoms with van der Waals surface area (Å²) < 4.78 is 15.6. The summed E-state index contributed by atoms with van der Waals surface area (Å²) in [6.07, 6.45) is 1.72. The van der Waals surface area contributed by atoms with Crippen molar-refractivity contribution < 1.29 is 14.3 Å². The van der Waals surface area contributed by atoms with Gasteiger partial charge in [-0.05, 0) is 6.07 Å². The second-order valence-electron chi connectivity index (χ2n) is 5.20. The number of aromatic nitrogens is 3. The molecule has 0 radical (unpaired) electrons. The van der Waals surface area contributed by atoms with Gasteiger partial charge in [-0.25, -0.2) is 0 Å². The van der Waals surface area contributed by atoms with Crippen LogP contribution in [0.2, 0.25) is 0 Å². The molecular formula is C15H14N4O3S. The minimum atomic E-state index is -0.356. The lowest BCUT2D eigenvalue weighted by Crippen LogP contribution is -2.16. The molecule has 0 aliphatic carbocycles. The van der Waals surface area contributed by atoms with E-state index >= 15 is 0 Å². The van der Waals surface area contributed by atoms with Crippen molar-refractivity contribution in [3.63, 3.8) is 0 Å². The number of fused-ring (bicyclic) bond motifs is 2. The minimum Gasteiger partial charge on any atom is -0.486 e. The number of nitrogens with zero attached hydrogens (tertiary/aromatic N) is 4. The lowest BCUT2D eigenvalue weighted by molar-refractivity contribution is 0.0992. The van der Waals surface area contributed by atoms with Crippen LogP contribution in [0.1, 0.15) is 10.5 Å². The summed E-state index contributed by atoms with van der Waals surface area (Å²) in [6.45, 7) is 1.09. The predicted octanol–water partition coefficient (Wildman–Crippen LogP) is 1.49. The number of carbonyl (C=O) groups excluding carboxylic acids is 1. The second-order valence-corrected chi connectivity index (χ2v) is 6.21. The van der Waals surface area contributed by atoms with Gasteiger partial charge in [0.25, 0.3) is 5.91 Å². The molecule has 0 spiro atoms. The van der Waals surface area contributed by atoms with Gasteiger partial charge >= 0.3 is 0 Å². The number of amides is 1. The third-order valence-corrected chi connectivity index (χ3v) is 4.70. The molecule has 118 valence electrons. The minimum absolute atomic E-state index is 0.330. The van der Waals surface area contributed by atoms with Crippen molar-refractivity contribution in [1.29, 1.82) is 0 Å². The number of carbonyl (C=O) groups is 1. The SMILES string of the molecule is Cn1ccc(C(=O)N=c2sc3cc4c(cc3n2C)OCCO4)n1. The Bertz CT molecular complexity index is 982. The van der Waals surface area contributed by atoms with Gasteiger partial charge in [-0.1, -0.05) is 11.3 Å². The Morgan fingerprint density at radius 3 is 2.70 bits per heavy atom. The van der Waals surface area contributed by atoms with Gasteiger partial charge in [0, 0.05) is 32.4 Å². The first-order valence-electron chi connectivity index (χ1n) is 7.10. The number of hydrogen-bond donors (Lipinski definition) is 0. The van der Waals surface area contributed by atoms with E-state index in [2.05, 4.69) is 10.1 Å². The van der Waals surface area contributed by atoms with Gasteiger partial charge in [0.1, 0.15) is 13.2 Å². The van der Waals surface area contributed by atoms with Gasteiger partial charge in [-0.3, -0.25) is 9.48 Å². The summed E-state index contributed by atoms with van der Waals surface area (Å²) in [5.74, 6) is 1.10. The highest BCUT2D eigenvalue weighted by atomic mass is 32.1. The van der Waals surface area contributed by atoms with Crippen molar-refractivity contribution in [3.8, 4) is 11.5 Å². The van der Waals surface area contributed by atoms with Crippen molar-refractivity contribution in [3.05, 3.63) is 34.9 Å². The first-order valence-corrected chi connectivity index (χ1v) is 7.91. The van der Waals surface area contributed by atoms with Crippen LogP contribution in [0.25, 0.3) is 10.2 Å². The smallest absolute Gasteiger partial charge is 0.300 e. The summed E-state index contributed by atoms with van der Waals surface area (Å²) in [4.78, 5) is 17.0. The van der Waals surface area contributed by atoms with E-state index in [1.807, 2.05) is 23.7 Å². The third-order valence-electron chi connectivity index (χ3n) is 3.60. The van der Waals surface area contributed by atoms with Crippen LogP contribution in [-0.2, 0) is 14.1 Å². The van der Waals surface area contributed by atoms with Crippen molar-refractivity contribution >= 4 is 27.5 Å². The van der Waals surface area contributed by atoms with Crippen LogP contribution in [0.4, 0.5) is 0 Å². The number of thiazole rings is 1. The zero-order chi connectivity index (χ0) is 16.0. The molecule has 4 rings (SSSR count). The third kappa shape index (κ3) is 2.40. The molecule has 0 saturated carbocycles. The standard InChI is InChI=1S/C15H14N4O3S/c1-18-4-3-9(17-18)14(20)16-15-19(2)10-7-11-12(8-13(10)23-15)22-6-5-21-11/h3-4,7-8H,5-6H2,1-2H3. The number of benzene rings is 1. The summed E-state index contributed by atoms with van der Waals surface area (Å²) in [5.41, 5.74) is 1.28. The van der Waals surface area contributed by atoms with E-state index in [0.717, 1.165) is 21.7 Å². The molecule has 0 bridgehead atoms. The molecule has 23 heavy (non-hydrogen) atoms. The lowest BCUT2D eigenvalue weighted by Gasteiger charge is -2.18. The Morgan fingerprint density at radius 2 is 2.00 bits per heavy atom. The van der Waals surface area contributed by atoms with E-state index in [9.17, 15) is 4.79 Å². The highest BCUT2D eigenvalue weighted by Gasteiger charge is 2.16. The molecule has 3 heterocycles. The predicted molar refractivity (Wildman–Crippen MR) is 84.9 cm³/mol. The van der Waals surface area contributed by atoms with Crippen LogP contribution in [0.15, 0.2) is 29.4 Å². The fraction of sp³-hybridized carbons (Fsp3) is 0.267. The number of aryl methyl sites for hydroxylation is 2. The largest absolute Gasteiger partial charge is 0.486 e. The van der Waals surface area contributed by atoms with Gasteiger partial charge in [-0.2, -0.15) is 10.1 Å². The lowest BCUT2D eigenvalue weighted by atomic mass is 10.3. The Kier molecular flexibility index (Phi) is 3.19. The highest BCUT2D eigenvalue weighted by Crippen LogP contribution is 2.35. The molecule has 1 aromatic carbocycles. The first kappa shape index (κ1) is 14.0. The summed E-state index contributed by atoms with van der Waals surface area (Å²) in [5, 5.41) is 4.08. The molecule has 2 aromatic heterocycles. The number of ether oxygens (including phenoxy) is 2. The van der Waals surface area contributed by atoms with E-state index in [4.69, 9.17) is 9.47 Å². The molecule has 0 fully saturated rings. The van der Waals surface area contributed by atoms with Crippen LogP contribution in [0.5, 0.6) is 11.5 Å². The zero-order valence-corrected chi connectivity index (χ0v) is 13.5. The average molecular weight is 330 g/mol. The van der Waals surface area contributed by atoms with E-state index in [1.54, 1.807) is 24.0 Å². The maximum atomic E-state index is 12.2. The van der Waals surface area contributed by atoms with E-state index < -0.39 is 0 Å². The molecule has 3 aromatic rings. The quantitative estimate of drug-likeness (QED) is 0.678. The van der Waals surface area contributed by atoms with E-state index in [-0.39, 0.29) is 5.91 Å². The molecule has 1 aliphatic rings. The fourth-order valence-electron chi connectivity index (χ4n) is 2.44. The Hall–Kier alpha value is -2.61. The molecular weight excluding hydrogens is 316 g/mol. The first-order chi connectivity index (χ1) is 11.1. The summed E-state index contributed by atoms with van der Waals surface area (Å²) >= 11 is 1.43. The van der Waals surface area contributed by atoms with Crippen LogP contribution in [-0.4, -0.2) is 33.5 Å². The van der Waals surface area contributed by atoms with E-state index in [1.165, 1.54) is 11.3 Å². The van der Waals surface area contributed by atoms with Crippen molar-refractivity contribution in [2.75, 3.05) is 13.2 Å². The summed E-state index contributed by atoms with van der Waals surface area (Å²) in [6, 6.07) is 5.50. The van der Waals surface area contributed by atoms with E-state index in [0.29, 0.717) is 23.7 Å². The molecule has 0 unspecified atom stereocenters. The monoisotopic (exact) mass is 330 g/mol. The molecule has 0 saturated heterocycles. The van der Waals surface area contributed by atoms with Gasteiger partial charge in [0.15, 0.2) is 22.0 Å². The number of hydrogen-bond acceptors (Lipinski definition) is 5. The molecule has 1 aliphatic heterocycles. The highest BCUT2D eigenvalue weighted by molar-refractivity contribution is 7.16. The molecule has 0 N–H and O–H groups in total. The van der Waals surface area contributed by atoms with Gasteiger partial charge in [-0.15, -0.1) is 0 Å². The Morgan fingerprint density at radius 1 is 1.26 bits per heavy atom. The topological polar surface area (TPSA) is 70.6 Å². The summed E-state index contributed by atoms with van der Waals surface area (Å²) in [7, 11) is 3.64. The van der Waals surface area contributed by atoms with Gasteiger partial charge < -0.3 is 14.0 Å². The van der Waals surface area contributed by atoms with Gasteiger partial charge in [0.05, 0.1) is 10.2 Å². The molecule has 8 heteroatoms. The van der Waals surface area contributed by atoms with Gasteiger partial charge in [0.2, 0.25) is 0 Å². The second kappa shape index (κ2) is 5.24. The Labute approximate surface area is 135 Å². The maximum absolute atomic E-state index is 12.2. The van der Waals surface area contributed by atoms with Crippen LogP contribution in [0.3, 0.4) is 0 Å². The maximum Gasteiger partial charge on any atom is 0.300 e. The van der Waals surface area contributed by atoms with Crippen LogP contribution in [0, 0.1) is 0 Å². The van der Waals surface area contributed by atoms with Crippen LogP contribution >= 0.6 is 11.3 Å². The number of rotatable bonds is 1. The molecule has 1 amide bonds. The van der Waals surface area contributed by atoms with Crippen molar-refractivity contribution in [1.82, 2.24) is 14.3 Å². The molecule has 7 nitrogen and oxygen atoms in total. The normalized spacial score (nSPS) is 14.4. The van der Waals surface area contributed by atoms with Crippen LogP contribution < -0.4 is 14.3 Å².